The number of fused-ring (bicyclic) bond motifs is 1. The first kappa shape index (κ1) is 20.7. The molecule has 31 heavy (non-hydrogen) atoms. The maximum atomic E-state index is 13.7. The maximum absolute atomic E-state index is 13.7. The van der Waals surface area contributed by atoms with Gasteiger partial charge in [-0.1, -0.05) is 36.4 Å². The number of benzene rings is 3. The van der Waals surface area contributed by atoms with Crippen LogP contribution in [0.3, 0.4) is 0 Å². The normalized spacial score (nSPS) is 10.7. The van der Waals surface area contributed by atoms with E-state index in [4.69, 9.17) is 5.26 Å². The Balaban J connectivity index is 1.49. The minimum Gasteiger partial charge on any atom is -0.334 e. The Morgan fingerprint density at radius 1 is 1.00 bits per heavy atom. The van der Waals surface area contributed by atoms with E-state index in [1.165, 1.54) is 12.1 Å². The molecule has 0 N–H and O–H groups in total. The van der Waals surface area contributed by atoms with Crippen molar-refractivity contribution in [3.05, 3.63) is 100 Å². The molecular formula is C25H20FN3OS. The lowest BCUT2D eigenvalue weighted by molar-refractivity contribution is -0.132. The first-order chi connectivity index (χ1) is 15.1. The van der Waals surface area contributed by atoms with Crippen molar-refractivity contribution >= 4 is 27.5 Å². The quantitative estimate of drug-likeness (QED) is 0.391. The number of carbonyl (C=O) groups is 1. The molecule has 1 amide bonds. The number of hydrogen-bond donors (Lipinski definition) is 0. The predicted molar refractivity (Wildman–Crippen MR) is 120 cm³/mol. The molecule has 0 aliphatic carbocycles. The van der Waals surface area contributed by atoms with Gasteiger partial charge in [0, 0.05) is 25.9 Å². The van der Waals surface area contributed by atoms with E-state index in [1.54, 1.807) is 34.4 Å². The third-order valence-electron chi connectivity index (χ3n) is 4.96. The van der Waals surface area contributed by atoms with Gasteiger partial charge in [-0.05, 0) is 47.5 Å². The topological polar surface area (TPSA) is 57.0 Å². The highest BCUT2D eigenvalue weighted by atomic mass is 32.1. The van der Waals surface area contributed by atoms with Crippen molar-refractivity contribution in [3.8, 4) is 6.07 Å². The van der Waals surface area contributed by atoms with Crippen LogP contribution in [0.25, 0.3) is 10.2 Å². The number of halogens is 1. The van der Waals surface area contributed by atoms with Gasteiger partial charge >= 0.3 is 0 Å². The molecule has 154 valence electrons. The molecule has 4 rings (SSSR count). The summed E-state index contributed by atoms with van der Waals surface area (Å²) in [5.74, 6) is -0.342. The summed E-state index contributed by atoms with van der Waals surface area (Å²) < 4.78 is 14.8. The molecule has 0 atom stereocenters. The second kappa shape index (κ2) is 9.50. The third-order valence-corrected chi connectivity index (χ3v) is 6.06. The molecule has 0 saturated carbocycles. The van der Waals surface area contributed by atoms with E-state index in [2.05, 4.69) is 11.1 Å². The van der Waals surface area contributed by atoms with Crippen LogP contribution >= 0.6 is 11.3 Å². The van der Waals surface area contributed by atoms with Crippen molar-refractivity contribution in [2.24, 2.45) is 0 Å². The molecule has 3 aromatic carbocycles. The summed E-state index contributed by atoms with van der Waals surface area (Å²) in [5, 5.41) is 9.92. The van der Waals surface area contributed by atoms with E-state index >= 15 is 0 Å². The highest BCUT2D eigenvalue weighted by Gasteiger charge is 2.16. The maximum Gasteiger partial charge on any atom is 0.223 e. The van der Waals surface area contributed by atoms with Crippen LogP contribution in [0, 0.1) is 17.1 Å². The van der Waals surface area contributed by atoms with Crippen molar-refractivity contribution in [2.75, 3.05) is 0 Å². The number of hydrogen-bond acceptors (Lipinski definition) is 4. The molecule has 4 nitrogen and oxygen atoms in total. The molecular weight excluding hydrogens is 409 g/mol. The highest BCUT2D eigenvalue weighted by molar-refractivity contribution is 7.18. The van der Waals surface area contributed by atoms with Gasteiger partial charge in [0.1, 0.15) is 5.82 Å². The summed E-state index contributed by atoms with van der Waals surface area (Å²) in [4.78, 5) is 19.4. The Morgan fingerprint density at radius 3 is 2.52 bits per heavy atom. The van der Waals surface area contributed by atoms with E-state index in [1.807, 2.05) is 42.5 Å². The van der Waals surface area contributed by atoms with Gasteiger partial charge in [0.2, 0.25) is 5.91 Å². The number of nitrogens with zero attached hydrogens (tertiary/aromatic N) is 3. The molecule has 0 spiro atoms. The fraction of sp³-hybridized carbons (Fsp3) is 0.160. The van der Waals surface area contributed by atoms with Crippen molar-refractivity contribution in [3.63, 3.8) is 0 Å². The molecule has 0 radical (unpaired) electrons. The van der Waals surface area contributed by atoms with Crippen LogP contribution in [0.2, 0.25) is 0 Å². The molecule has 0 aliphatic rings. The fourth-order valence-corrected chi connectivity index (χ4v) is 4.36. The largest absolute Gasteiger partial charge is 0.334 e. The molecule has 4 aromatic rings. The number of thiazole rings is 1. The highest BCUT2D eigenvalue weighted by Crippen LogP contribution is 2.23. The zero-order valence-electron chi connectivity index (χ0n) is 16.8. The zero-order chi connectivity index (χ0) is 21.6. The summed E-state index contributed by atoms with van der Waals surface area (Å²) in [5.41, 5.74) is 3.18. The van der Waals surface area contributed by atoms with Gasteiger partial charge in [0.05, 0.1) is 26.9 Å². The molecule has 0 unspecified atom stereocenters. The lowest BCUT2D eigenvalue weighted by atomic mass is 10.1. The first-order valence-corrected chi connectivity index (χ1v) is 10.8. The predicted octanol–water partition coefficient (Wildman–Crippen LogP) is 5.47. The summed E-state index contributed by atoms with van der Waals surface area (Å²) in [7, 11) is 0. The number of para-hydroxylation sites is 1. The van der Waals surface area contributed by atoms with Gasteiger partial charge in [0.25, 0.3) is 0 Å². The molecule has 1 heterocycles. The summed E-state index contributed by atoms with van der Waals surface area (Å²) in [6, 6.07) is 23.5. The molecule has 0 fully saturated rings. The average molecular weight is 430 g/mol. The van der Waals surface area contributed by atoms with Crippen molar-refractivity contribution < 1.29 is 9.18 Å². The van der Waals surface area contributed by atoms with E-state index in [0.29, 0.717) is 31.5 Å². The Labute approximate surface area is 184 Å². The molecule has 0 bridgehead atoms. The van der Waals surface area contributed by atoms with Crippen LogP contribution in [0.5, 0.6) is 0 Å². The van der Waals surface area contributed by atoms with Crippen LogP contribution in [-0.4, -0.2) is 15.8 Å². The van der Waals surface area contributed by atoms with E-state index in [9.17, 15) is 9.18 Å². The summed E-state index contributed by atoms with van der Waals surface area (Å²) in [6.07, 6.45) is 0.886. The van der Waals surface area contributed by atoms with E-state index in [0.717, 1.165) is 26.4 Å². The van der Waals surface area contributed by atoms with E-state index < -0.39 is 0 Å². The van der Waals surface area contributed by atoms with Crippen LogP contribution in [0.1, 0.15) is 28.1 Å². The van der Waals surface area contributed by atoms with Gasteiger partial charge in [-0.2, -0.15) is 5.26 Å². The average Bonchev–Trinajstić information content (AvgIpc) is 3.20. The van der Waals surface area contributed by atoms with Crippen LogP contribution in [0.15, 0.2) is 72.8 Å². The lowest BCUT2D eigenvalue weighted by Gasteiger charge is -2.23. The smallest absolute Gasteiger partial charge is 0.223 e. The Morgan fingerprint density at radius 2 is 1.77 bits per heavy atom. The van der Waals surface area contributed by atoms with Crippen molar-refractivity contribution in [2.45, 2.75) is 25.9 Å². The van der Waals surface area contributed by atoms with Gasteiger partial charge in [-0.15, -0.1) is 11.3 Å². The number of rotatable bonds is 7. The minimum absolute atomic E-state index is 0.0205. The molecule has 6 heteroatoms. The fourth-order valence-electron chi connectivity index (χ4n) is 3.39. The number of aryl methyl sites for hydroxylation is 1. The number of aromatic nitrogens is 1. The van der Waals surface area contributed by atoms with Gasteiger partial charge in [-0.25, -0.2) is 9.37 Å². The molecule has 0 aliphatic heterocycles. The summed E-state index contributed by atoms with van der Waals surface area (Å²) >= 11 is 1.60. The standard InChI is InChI=1S/C25H20FN3OS/c26-21-5-3-4-20(14-21)17-29(16-19-10-8-18(15-27)9-11-19)25(30)13-12-24-28-22-6-1-2-7-23(22)31-24/h1-11,14H,12-13,16-17H2. The minimum atomic E-state index is -0.322. The zero-order valence-corrected chi connectivity index (χ0v) is 17.6. The van der Waals surface area contributed by atoms with Crippen molar-refractivity contribution in [1.29, 1.82) is 5.26 Å². The Kier molecular flexibility index (Phi) is 6.34. The number of nitriles is 1. The second-order valence-corrected chi connectivity index (χ2v) is 8.38. The van der Waals surface area contributed by atoms with Crippen molar-refractivity contribution in [1.82, 2.24) is 9.88 Å². The van der Waals surface area contributed by atoms with E-state index in [-0.39, 0.29) is 11.7 Å². The van der Waals surface area contributed by atoms with Gasteiger partial charge in [-0.3, -0.25) is 4.79 Å². The van der Waals surface area contributed by atoms with Gasteiger partial charge < -0.3 is 4.90 Å². The number of carbonyl (C=O) groups excluding carboxylic acids is 1. The molecule has 0 saturated heterocycles. The summed E-state index contributed by atoms with van der Waals surface area (Å²) in [6.45, 7) is 0.706. The Hall–Kier alpha value is -3.56. The van der Waals surface area contributed by atoms with Crippen LogP contribution in [-0.2, 0) is 24.3 Å². The SMILES string of the molecule is N#Cc1ccc(CN(Cc2cccc(F)c2)C(=O)CCc2nc3ccccc3s2)cc1. The monoisotopic (exact) mass is 429 g/mol. The third kappa shape index (κ3) is 5.33. The van der Waals surface area contributed by atoms with Gasteiger partial charge in [0.15, 0.2) is 0 Å². The molecule has 1 aromatic heterocycles. The second-order valence-electron chi connectivity index (χ2n) is 7.26. The first-order valence-electron chi connectivity index (χ1n) is 9.96. The van der Waals surface area contributed by atoms with Crippen LogP contribution in [0.4, 0.5) is 4.39 Å². The lowest BCUT2D eigenvalue weighted by Crippen LogP contribution is -2.30. The van der Waals surface area contributed by atoms with Crippen LogP contribution < -0.4 is 0 Å². The Bertz CT molecular complexity index is 1210. The number of amides is 1.